The van der Waals surface area contributed by atoms with E-state index in [0.717, 1.165) is 0 Å². The molecule has 0 amide bonds. The topological polar surface area (TPSA) is 0 Å². The van der Waals surface area contributed by atoms with E-state index in [9.17, 15) is 0 Å². The van der Waals surface area contributed by atoms with Gasteiger partial charge in [-0.15, -0.1) is 11.3 Å². The first-order valence-electron chi connectivity index (χ1n) is 5.46. The molecule has 0 saturated heterocycles. The van der Waals surface area contributed by atoms with E-state index in [1.807, 2.05) is 11.3 Å². The van der Waals surface area contributed by atoms with Crippen LogP contribution in [-0.2, 0) is 0 Å². The fourth-order valence-corrected chi connectivity index (χ4v) is 5.01. The lowest BCUT2D eigenvalue weighted by atomic mass is 10.0. The van der Waals surface area contributed by atoms with Crippen LogP contribution in [0.3, 0.4) is 0 Å². The zero-order chi connectivity index (χ0) is 12.6. The maximum atomic E-state index is 3.85. The number of alkyl halides is 1. The molecule has 0 aliphatic rings. The SMILES string of the molecule is Cc1cc(C(Br)c2cccc(C)c2I)c(C)s1. The van der Waals surface area contributed by atoms with Crippen molar-refractivity contribution in [2.24, 2.45) is 0 Å². The average molecular weight is 421 g/mol. The van der Waals surface area contributed by atoms with E-state index in [-0.39, 0.29) is 0 Å². The predicted octanol–water partition coefficient (Wildman–Crippen LogP) is 5.76. The fourth-order valence-electron chi connectivity index (χ4n) is 1.94. The molecular formula is C14H14BrIS. The van der Waals surface area contributed by atoms with Crippen LogP contribution < -0.4 is 0 Å². The molecule has 3 heteroatoms. The van der Waals surface area contributed by atoms with E-state index in [4.69, 9.17) is 0 Å². The van der Waals surface area contributed by atoms with Crippen LogP contribution in [0.5, 0.6) is 0 Å². The van der Waals surface area contributed by atoms with Crippen molar-refractivity contribution in [3.8, 4) is 0 Å². The first-order valence-corrected chi connectivity index (χ1v) is 8.28. The number of rotatable bonds is 2. The summed E-state index contributed by atoms with van der Waals surface area (Å²) in [4.78, 5) is 3.09. The second-order valence-corrected chi connectivity index (χ2v) is 7.66. The highest BCUT2D eigenvalue weighted by molar-refractivity contribution is 14.1. The molecule has 1 heterocycles. The van der Waals surface area contributed by atoms with Gasteiger partial charge in [-0.2, -0.15) is 0 Å². The number of benzene rings is 1. The molecular weight excluding hydrogens is 407 g/mol. The minimum absolute atomic E-state index is 0.305. The highest BCUT2D eigenvalue weighted by Gasteiger charge is 2.17. The fraction of sp³-hybridized carbons (Fsp3) is 0.286. The Kier molecular flexibility index (Phi) is 4.31. The lowest BCUT2D eigenvalue weighted by Gasteiger charge is -2.13. The van der Waals surface area contributed by atoms with E-state index >= 15 is 0 Å². The van der Waals surface area contributed by atoms with Crippen LogP contribution in [0, 0.1) is 24.3 Å². The van der Waals surface area contributed by atoms with Gasteiger partial charge in [0.1, 0.15) is 0 Å². The predicted molar refractivity (Wildman–Crippen MR) is 88.5 cm³/mol. The van der Waals surface area contributed by atoms with Gasteiger partial charge in [0.05, 0.1) is 4.83 Å². The van der Waals surface area contributed by atoms with Crippen molar-refractivity contribution >= 4 is 49.9 Å². The molecule has 1 aromatic heterocycles. The molecule has 0 saturated carbocycles. The molecule has 0 bridgehead atoms. The molecule has 0 aliphatic carbocycles. The van der Waals surface area contributed by atoms with Gasteiger partial charge in [-0.1, -0.05) is 34.1 Å². The zero-order valence-electron chi connectivity index (χ0n) is 10.1. The Morgan fingerprint density at radius 2 is 1.88 bits per heavy atom. The van der Waals surface area contributed by atoms with Crippen LogP contribution in [-0.4, -0.2) is 0 Å². The van der Waals surface area contributed by atoms with E-state index in [2.05, 4.69) is 83.6 Å². The number of aryl methyl sites for hydroxylation is 3. The zero-order valence-corrected chi connectivity index (χ0v) is 14.6. The molecule has 90 valence electrons. The Hall–Kier alpha value is 0.130. The molecule has 0 spiro atoms. The van der Waals surface area contributed by atoms with E-state index < -0.39 is 0 Å². The van der Waals surface area contributed by atoms with Gasteiger partial charge in [-0.3, -0.25) is 0 Å². The molecule has 0 aliphatic heterocycles. The summed E-state index contributed by atoms with van der Waals surface area (Å²) in [7, 11) is 0. The van der Waals surface area contributed by atoms with Crippen molar-refractivity contribution in [2.45, 2.75) is 25.6 Å². The molecule has 1 unspecified atom stereocenters. The summed E-state index contributed by atoms with van der Waals surface area (Å²) in [5.74, 6) is 0. The van der Waals surface area contributed by atoms with Crippen molar-refractivity contribution in [2.75, 3.05) is 0 Å². The molecule has 0 nitrogen and oxygen atoms in total. The quantitative estimate of drug-likeness (QED) is 0.427. The molecule has 1 aromatic carbocycles. The summed E-state index contributed by atoms with van der Waals surface area (Å²) in [5.41, 5.74) is 4.11. The smallest absolute Gasteiger partial charge is 0.0665 e. The van der Waals surface area contributed by atoms with Crippen LogP contribution in [0.4, 0.5) is 0 Å². The molecule has 0 fully saturated rings. The third-order valence-electron chi connectivity index (χ3n) is 2.85. The summed E-state index contributed by atoms with van der Waals surface area (Å²) >= 11 is 8.15. The average Bonchev–Trinajstić information content (AvgIpc) is 2.61. The lowest BCUT2D eigenvalue weighted by molar-refractivity contribution is 1.14. The number of thiophene rings is 1. The minimum atomic E-state index is 0.305. The number of hydrogen-bond acceptors (Lipinski definition) is 1. The molecule has 0 radical (unpaired) electrons. The first-order chi connectivity index (χ1) is 8.00. The summed E-state index contributed by atoms with van der Waals surface area (Å²) < 4.78 is 1.36. The maximum absolute atomic E-state index is 3.85. The second kappa shape index (κ2) is 5.41. The monoisotopic (exact) mass is 420 g/mol. The highest BCUT2D eigenvalue weighted by atomic mass is 127. The van der Waals surface area contributed by atoms with Crippen molar-refractivity contribution in [3.63, 3.8) is 0 Å². The number of hydrogen-bond donors (Lipinski definition) is 0. The van der Waals surface area contributed by atoms with E-state index in [1.54, 1.807) is 0 Å². The Labute approximate surface area is 129 Å². The van der Waals surface area contributed by atoms with Gasteiger partial charge in [0.15, 0.2) is 0 Å². The molecule has 2 rings (SSSR count). The van der Waals surface area contributed by atoms with Crippen molar-refractivity contribution < 1.29 is 0 Å². The van der Waals surface area contributed by atoms with Crippen LogP contribution in [0.1, 0.15) is 31.3 Å². The minimum Gasteiger partial charge on any atom is -0.146 e. The van der Waals surface area contributed by atoms with Gasteiger partial charge in [-0.05, 0) is 66.1 Å². The lowest BCUT2D eigenvalue weighted by Crippen LogP contribution is -1.97. The van der Waals surface area contributed by atoms with E-state index in [1.165, 1.54) is 30.0 Å². The van der Waals surface area contributed by atoms with Crippen LogP contribution in [0.15, 0.2) is 24.3 Å². The summed E-state index contributed by atoms with van der Waals surface area (Å²) in [5, 5.41) is 0. The van der Waals surface area contributed by atoms with Crippen molar-refractivity contribution in [1.82, 2.24) is 0 Å². The van der Waals surface area contributed by atoms with Crippen molar-refractivity contribution in [3.05, 3.63) is 54.3 Å². The highest BCUT2D eigenvalue weighted by Crippen LogP contribution is 2.38. The van der Waals surface area contributed by atoms with Gasteiger partial charge in [0.2, 0.25) is 0 Å². The van der Waals surface area contributed by atoms with Gasteiger partial charge in [-0.25, -0.2) is 0 Å². The van der Waals surface area contributed by atoms with E-state index in [0.29, 0.717) is 4.83 Å². The Bertz CT molecular complexity index is 545. The first kappa shape index (κ1) is 13.6. The van der Waals surface area contributed by atoms with Crippen LogP contribution in [0.2, 0.25) is 0 Å². The standard InChI is InChI=1S/C14H14BrIS/c1-8-5-4-6-11(14(8)16)13(15)12-7-9(2)17-10(12)3/h4-7,13H,1-3H3. The van der Waals surface area contributed by atoms with Crippen LogP contribution >= 0.6 is 49.9 Å². The second-order valence-electron chi connectivity index (χ2n) is 4.21. The summed E-state index contributed by atoms with van der Waals surface area (Å²) in [6.45, 7) is 6.53. The molecule has 2 aromatic rings. The Morgan fingerprint density at radius 3 is 2.47 bits per heavy atom. The Balaban J connectivity index is 2.47. The molecule has 17 heavy (non-hydrogen) atoms. The third kappa shape index (κ3) is 2.76. The van der Waals surface area contributed by atoms with Gasteiger partial charge in [0, 0.05) is 13.3 Å². The number of halogens is 2. The third-order valence-corrected chi connectivity index (χ3v) is 6.29. The van der Waals surface area contributed by atoms with Crippen molar-refractivity contribution in [1.29, 1.82) is 0 Å². The van der Waals surface area contributed by atoms with Crippen LogP contribution in [0.25, 0.3) is 0 Å². The largest absolute Gasteiger partial charge is 0.146 e. The summed E-state index contributed by atoms with van der Waals surface area (Å²) in [6, 6.07) is 8.80. The van der Waals surface area contributed by atoms with Gasteiger partial charge < -0.3 is 0 Å². The maximum Gasteiger partial charge on any atom is 0.0665 e. The molecule has 0 N–H and O–H groups in total. The normalized spacial score (nSPS) is 12.8. The molecule has 1 atom stereocenters. The van der Waals surface area contributed by atoms with Gasteiger partial charge in [0.25, 0.3) is 0 Å². The summed E-state index contributed by atoms with van der Waals surface area (Å²) in [6.07, 6.45) is 0. The Morgan fingerprint density at radius 1 is 1.18 bits per heavy atom. The van der Waals surface area contributed by atoms with Gasteiger partial charge >= 0.3 is 0 Å².